The Kier molecular flexibility index (Phi) is 6.58. The van der Waals surface area contributed by atoms with Crippen molar-refractivity contribution >= 4 is 56.5 Å². The van der Waals surface area contributed by atoms with Crippen LogP contribution in [-0.4, -0.2) is 46.9 Å². The summed E-state index contributed by atoms with van der Waals surface area (Å²) in [4.78, 5) is 47.5. The van der Waals surface area contributed by atoms with E-state index in [0.717, 1.165) is 24.2 Å². The molecule has 0 unspecified atom stereocenters. The molecule has 1 fully saturated rings. The molecule has 0 saturated carbocycles. The molecule has 2 aliphatic rings. The van der Waals surface area contributed by atoms with E-state index in [4.69, 9.17) is 11.2 Å². The zero-order valence-corrected chi connectivity index (χ0v) is 22.5. The Labute approximate surface area is 234 Å². The third kappa shape index (κ3) is 4.61. The molecule has 0 aliphatic carbocycles. The van der Waals surface area contributed by atoms with E-state index >= 15 is 0 Å². The minimum absolute atomic E-state index is 0.238. The molecule has 4 amide bonds. The highest BCUT2D eigenvalue weighted by Gasteiger charge is 2.34. The predicted molar refractivity (Wildman–Crippen MR) is 154 cm³/mol. The zero-order chi connectivity index (χ0) is 27.8. The molecule has 1 saturated heterocycles. The first-order chi connectivity index (χ1) is 19.4. The van der Waals surface area contributed by atoms with Crippen LogP contribution in [0.4, 0.5) is 21.9 Å². The van der Waals surface area contributed by atoms with Crippen LogP contribution in [0.3, 0.4) is 0 Å². The lowest BCUT2D eigenvalue weighted by molar-refractivity contribution is -0.126. The number of urea groups is 1. The molecular weight excluding hydrogens is 526 g/mol. The van der Waals surface area contributed by atoms with Crippen LogP contribution in [0.1, 0.15) is 28.1 Å². The minimum atomic E-state index is -0.382. The molecule has 4 heterocycles. The lowest BCUT2D eigenvalue weighted by Crippen LogP contribution is -2.49. The van der Waals surface area contributed by atoms with Crippen molar-refractivity contribution < 1.29 is 19.1 Å². The van der Waals surface area contributed by atoms with Gasteiger partial charge in [0.15, 0.2) is 0 Å². The average molecular weight is 552 g/mol. The highest BCUT2D eigenvalue weighted by Crippen LogP contribution is 2.46. The molecule has 6 rings (SSSR count). The number of carbonyl (C=O) groups is 3. The van der Waals surface area contributed by atoms with E-state index in [9.17, 15) is 14.4 Å². The number of nitrogens with one attached hydrogen (secondary N) is 2. The number of aryl methyl sites for hydroxylation is 1. The van der Waals surface area contributed by atoms with Gasteiger partial charge in [-0.05, 0) is 67.6 Å². The van der Waals surface area contributed by atoms with Gasteiger partial charge < -0.3 is 20.3 Å². The molecule has 200 valence electrons. The van der Waals surface area contributed by atoms with Crippen LogP contribution in [0, 0.1) is 19.3 Å². The third-order valence-electron chi connectivity index (χ3n) is 7.01. The first kappa shape index (κ1) is 25.4. The molecule has 0 spiro atoms. The van der Waals surface area contributed by atoms with Gasteiger partial charge in [0.1, 0.15) is 21.2 Å². The summed E-state index contributed by atoms with van der Waals surface area (Å²) in [5.74, 6) is 2.81. The SMILES string of the molecule is C#CC(=O)N1CCC[C@@H](NC(=O)c2sc3nccc4c3c2NC(=O)N4c2ccc(Oc3ccccc3)cc2C)C1. The normalized spacial score (nSPS) is 16.3. The number of likely N-dealkylation sites (tertiary alicyclic amines) is 1. The lowest BCUT2D eigenvalue weighted by Gasteiger charge is -2.32. The summed E-state index contributed by atoms with van der Waals surface area (Å²) >= 11 is 1.22. The first-order valence-corrected chi connectivity index (χ1v) is 13.7. The number of thiophene rings is 1. The van der Waals surface area contributed by atoms with Crippen molar-refractivity contribution in [1.82, 2.24) is 15.2 Å². The van der Waals surface area contributed by atoms with E-state index in [1.54, 1.807) is 22.1 Å². The number of hydrogen-bond acceptors (Lipinski definition) is 6. The van der Waals surface area contributed by atoms with E-state index in [-0.39, 0.29) is 23.9 Å². The summed E-state index contributed by atoms with van der Waals surface area (Å²) in [6.07, 6.45) is 8.38. The van der Waals surface area contributed by atoms with E-state index in [2.05, 4.69) is 21.5 Å². The number of para-hydroxylation sites is 1. The molecule has 0 radical (unpaired) electrons. The van der Waals surface area contributed by atoms with Gasteiger partial charge in [0.2, 0.25) is 0 Å². The fraction of sp³-hybridized carbons (Fsp3) is 0.200. The van der Waals surface area contributed by atoms with Gasteiger partial charge in [-0.2, -0.15) is 0 Å². The van der Waals surface area contributed by atoms with Gasteiger partial charge >= 0.3 is 6.03 Å². The quantitative estimate of drug-likeness (QED) is 0.322. The second kappa shape index (κ2) is 10.4. The number of terminal acetylenes is 1. The lowest BCUT2D eigenvalue weighted by atomic mass is 10.1. The molecule has 2 aromatic heterocycles. The fourth-order valence-electron chi connectivity index (χ4n) is 5.17. The monoisotopic (exact) mass is 551 g/mol. The molecule has 0 bridgehead atoms. The molecule has 2 aromatic carbocycles. The summed E-state index contributed by atoms with van der Waals surface area (Å²) in [5, 5.41) is 6.65. The summed E-state index contributed by atoms with van der Waals surface area (Å²) in [5.41, 5.74) is 2.61. The number of aromatic nitrogens is 1. The van der Waals surface area contributed by atoms with Gasteiger partial charge in [-0.3, -0.25) is 14.5 Å². The van der Waals surface area contributed by atoms with Gasteiger partial charge in [-0.25, -0.2) is 9.78 Å². The van der Waals surface area contributed by atoms with Gasteiger partial charge in [-0.15, -0.1) is 17.8 Å². The smallest absolute Gasteiger partial charge is 0.331 e. The van der Waals surface area contributed by atoms with Crippen LogP contribution in [0.15, 0.2) is 60.8 Å². The Hall–Kier alpha value is -4.88. The summed E-state index contributed by atoms with van der Waals surface area (Å²) in [6.45, 7) is 2.84. The van der Waals surface area contributed by atoms with Crippen molar-refractivity contribution in [2.45, 2.75) is 25.8 Å². The molecule has 2 aliphatic heterocycles. The second-order valence-corrected chi connectivity index (χ2v) is 10.7. The highest BCUT2D eigenvalue weighted by molar-refractivity contribution is 7.21. The van der Waals surface area contributed by atoms with Gasteiger partial charge in [-0.1, -0.05) is 18.2 Å². The van der Waals surface area contributed by atoms with Crippen LogP contribution < -0.4 is 20.3 Å². The summed E-state index contributed by atoms with van der Waals surface area (Å²) in [6, 6.07) is 16.2. The number of carbonyl (C=O) groups excluding carboxylic acids is 3. The number of hydrogen-bond donors (Lipinski definition) is 2. The van der Waals surface area contributed by atoms with E-state index < -0.39 is 0 Å². The maximum absolute atomic E-state index is 13.5. The summed E-state index contributed by atoms with van der Waals surface area (Å²) < 4.78 is 5.96. The van der Waals surface area contributed by atoms with Crippen molar-refractivity contribution in [2.24, 2.45) is 0 Å². The van der Waals surface area contributed by atoms with Gasteiger partial charge in [0.05, 0.1) is 22.4 Å². The van der Waals surface area contributed by atoms with Crippen molar-refractivity contribution in [3.05, 3.63) is 71.2 Å². The highest BCUT2D eigenvalue weighted by atomic mass is 32.1. The number of ether oxygens (including phenoxy) is 1. The average Bonchev–Trinajstić information content (AvgIpc) is 3.33. The van der Waals surface area contributed by atoms with E-state index in [0.29, 0.717) is 51.0 Å². The molecule has 4 aromatic rings. The number of amides is 4. The second-order valence-electron chi connectivity index (χ2n) is 9.65. The molecule has 2 N–H and O–H groups in total. The molecule has 1 atom stereocenters. The number of anilines is 3. The first-order valence-electron chi connectivity index (χ1n) is 12.9. The predicted octanol–water partition coefficient (Wildman–Crippen LogP) is 5.43. The standard InChI is InChI=1S/C30H25N5O4S/c1-3-24(36)34-15-7-8-19(17-34)32-28(37)27-26-25-23(13-14-31-29(25)40-27)35(30(38)33-26)22-12-11-21(16-18(22)2)39-20-9-5-4-6-10-20/h1,4-6,9-14,16,19H,7-8,15,17H2,2H3,(H,32,37)(H,33,38)/t19-/m1/s1. The number of pyridine rings is 1. The number of rotatable bonds is 5. The van der Waals surface area contributed by atoms with Crippen LogP contribution >= 0.6 is 11.3 Å². The topological polar surface area (TPSA) is 104 Å². The molecule has 10 heteroatoms. The number of benzene rings is 2. The molecule has 40 heavy (non-hydrogen) atoms. The molecular formula is C30H25N5O4S. The van der Waals surface area contributed by atoms with Gasteiger partial charge in [0, 0.05) is 25.3 Å². The Morgan fingerprint density at radius 3 is 2.75 bits per heavy atom. The maximum Gasteiger partial charge on any atom is 0.331 e. The van der Waals surface area contributed by atoms with Crippen molar-refractivity contribution in [1.29, 1.82) is 0 Å². The Bertz CT molecular complexity index is 1690. The molecule has 9 nitrogen and oxygen atoms in total. The third-order valence-corrected chi connectivity index (χ3v) is 8.10. The number of piperidine rings is 1. The van der Waals surface area contributed by atoms with Crippen LogP contribution in [0.25, 0.3) is 10.2 Å². The van der Waals surface area contributed by atoms with Crippen molar-refractivity contribution in [2.75, 3.05) is 23.3 Å². The number of nitrogens with zero attached hydrogens (tertiary/aromatic N) is 3. The summed E-state index contributed by atoms with van der Waals surface area (Å²) in [7, 11) is 0. The fourth-order valence-corrected chi connectivity index (χ4v) is 6.19. The van der Waals surface area contributed by atoms with Crippen LogP contribution in [0.5, 0.6) is 11.5 Å². The minimum Gasteiger partial charge on any atom is -0.457 e. The van der Waals surface area contributed by atoms with Crippen LogP contribution in [-0.2, 0) is 4.79 Å². The van der Waals surface area contributed by atoms with Crippen molar-refractivity contribution in [3.8, 4) is 23.8 Å². The largest absolute Gasteiger partial charge is 0.457 e. The van der Waals surface area contributed by atoms with Crippen LogP contribution in [0.2, 0.25) is 0 Å². The van der Waals surface area contributed by atoms with Crippen molar-refractivity contribution in [3.63, 3.8) is 0 Å². The Morgan fingerprint density at radius 2 is 1.98 bits per heavy atom. The zero-order valence-electron chi connectivity index (χ0n) is 21.6. The van der Waals surface area contributed by atoms with E-state index in [1.165, 1.54) is 11.3 Å². The Balaban J connectivity index is 1.29. The maximum atomic E-state index is 13.5. The van der Waals surface area contributed by atoms with E-state index in [1.807, 2.05) is 55.5 Å². The van der Waals surface area contributed by atoms with Gasteiger partial charge in [0.25, 0.3) is 11.8 Å². The Morgan fingerprint density at radius 1 is 1.15 bits per heavy atom.